The molecule has 0 aromatic carbocycles. The zero-order valence-corrected chi connectivity index (χ0v) is 11.5. The summed E-state index contributed by atoms with van der Waals surface area (Å²) >= 11 is 0. The van der Waals surface area contributed by atoms with Crippen molar-refractivity contribution in [2.75, 3.05) is 13.1 Å². The van der Waals surface area contributed by atoms with Gasteiger partial charge < -0.3 is 5.32 Å². The normalized spacial score (nSPS) is 16.6. The Morgan fingerprint density at radius 2 is 2.28 bits per heavy atom. The van der Waals surface area contributed by atoms with E-state index in [2.05, 4.69) is 24.3 Å². The minimum absolute atomic E-state index is 0.0760. The predicted octanol–water partition coefficient (Wildman–Crippen LogP) is 1.02. The first-order valence-corrected chi connectivity index (χ1v) is 7.09. The molecule has 1 unspecified atom stereocenters. The SMILES string of the molecule is CCCNCC(C)Cn1nc2n(c1=O)CCCC2. The van der Waals surface area contributed by atoms with Crippen molar-refractivity contribution in [1.82, 2.24) is 19.7 Å². The third-order valence-corrected chi connectivity index (χ3v) is 3.44. The van der Waals surface area contributed by atoms with Crippen molar-refractivity contribution in [3.63, 3.8) is 0 Å². The van der Waals surface area contributed by atoms with E-state index >= 15 is 0 Å². The van der Waals surface area contributed by atoms with Crippen molar-refractivity contribution >= 4 is 0 Å². The van der Waals surface area contributed by atoms with Crippen LogP contribution in [0.25, 0.3) is 0 Å². The first-order valence-electron chi connectivity index (χ1n) is 7.09. The summed E-state index contributed by atoms with van der Waals surface area (Å²) in [7, 11) is 0. The first-order chi connectivity index (χ1) is 8.72. The summed E-state index contributed by atoms with van der Waals surface area (Å²) in [6.07, 6.45) is 4.35. The van der Waals surface area contributed by atoms with Gasteiger partial charge in [0.25, 0.3) is 0 Å². The molecule has 1 aliphatic heterocycles. The third-order valence-electron chi connectivity index (χ3n) is 3.44. The van der Waals surface area contributed by atoms with E-state index in [4.69, 9.17) is 0 Å². The minimum Gasteiger partial charge on any atom is -0.316 e. The standard InChI is InChI=1S/C13H24N4O/c1-3-7-14-9-11(2)10-17-13(18)16-8-5-4-6-12(16)15-17/h11,14H,3-10H2,1-2H3. The zero-order chi connectivity index (χ0) is 13.0. The summed E-state index contributed by atoms with van der Waals surface area (Å²) < 4.78 is 3.49. The zero-order valence-electron chi connectivity index (χ0n) is 11.5. The second kappa shape index (κ2) is 6.18. The van der Waals surface area contributed by atoms with Gasteiger partial charge in [-0.3, -0.25) is 4.57 Å². The van der Waals surface area contributed by atoms with E-state index in [-0.39, 0.29) is 5.69 Å². The molecule has 18 heavy (non-hydrogen) atoms. The highest BCUT2D eigenvalue weighted by atomic mass is 16.2. The van der Waals surface area contributed by atoms with Crippen LogP contribution in [0.4, 0.5) is 0 Å². The lowest BCUT2D eigenvalue weighted by molar-refractivity contribution is 0.412. The van der Waals surface area contributed by atoms with Crippen LogP contribution in [0.5, 0.6) is 0 Å². The van der Waals surface area contributed by atoms with Crippen molar-refractivity contribution in [3.05, 3.63) is 16.3 Å². The Bertz CT molecular complexity index is 435. The minimum atomic E-state index is 0.0760. The Kier molecular flexibility index (Phi) is 4.58. The number of rotatable bonds is 6. The van der Waals surface area contributed by atoms with Crippen LogP contribution in [0.15, 0.2) is 4.79 Å². The molecule has 102 valence electrons. The molecule has 2 heterocycles. The van der Waals surface area contributed by atoms with E-state index in [0.29, 0.717) is 5.92 Å². The van der Waals surface area contributed by atoms with Crippen LogP contribution in [0.2, 0.25) is 0 Å². The smallest absolute Gasteiger partial charge is 0.316 e. The molecule has 0 fully saturated rings. The van der Waals surface area contributed by atoms with Gasteiger partial charge in [0.05, 0.1) is 6.54 Å². The maximum Gasteiger partial charge on any atom is 0.345 e. The summed E-state index contributed by atoms with van der Waals surface area (Å²) in [6, 6.07) is 0. The fraction of sp³-hybridized carbons (Fsp3) is 0.846. The van der Waals surface area contributed by atoms with Gasteiger partial charge in [0.1, 0.15) is 5.82 Å². The molecule has 1 aliphatic rings. The Morgan fingerprint density at radius 1 is 1.44 bits per heavy atom. The van der Waals surface area contributed by atoms with Crippen LogP contribution < -0.4 is 11.0 Å². The fourth-order valence-corrected chi connectivity index (χ4v) is 2.45. The molecule has 0 bridgehead atoms. The fourth-order valence-electron chi connectivity index (χ4n) is 2.45. The molecule has 5 nitrogen and oxygen atoms in total. The molecule has 0 aliphatic carbocycles. The third kappa shape index (κ3) is 3.02. The van der Waals surface area contributed by atoms with Crippen LogP contribution in [0.3, 0.4) is 0 Å². The molecule has 2 rings (SSSR count). The largest absolute Gasteiger partial charge is 0.345 e. The molecule has 1 N–H and O–H groups in total. The lowest BCUT2D eigenvalue weighted by atomic mass is 10.2. The molecule has 5 heteroatoms. The molecule has 0 spiro atoms. The molecule has 1 atom stereocenters. The van der Waals surface area contributed by atoms with E-state index in [0.717, 1.165) is 57.7 Å². The lowest BCUT2D eigenvalue weighted by Crippen LogP contribution is -2.31. The maximum atomic E-state index is 12.1. The van der Waals surface area contributed by atoms with Gasteiger partial charge in [-0.2, -0.15) is 5.10 Å². The predicted molar refractivity (Wildman–Crippen MR) is 71.7 cm³/mol. The average Bonchev–Trinajstić information content (AvgIpc) is 2.67. The number of nitrogens with one attached hydrogen (secondary N) is 1. The van der Waals surface area contributed by atoms with Gasteiger partial charge in [-0.1, -0.05) is 13.8 Å². The Labute approximate surface area is 108 Å². The number of aryl methyl sites for hydroxylation is 1. The number of aromatic nitrogens is 3. The van der Waals surface area contributed by atoms with Crippen molar-refractivity contribution in [3.8, 4) is 0 Å². The van der Waals surface area contributed by atoms with Gasteiger partial charge >= 0.3 is 5.69 Å². The lowest BCUT2D eigenvalue weighted by Gasteiger charge is -2.11. The van der Waals surface area contributed by atoms with Gasteiger partial charge in [-0.15, -0.1) is 0 Å². The van der Waals surface area contributed by atoms with Crippen molar-refractivity contribution < 1.29 is 0 Å². The molecule has 0 radical (unpaired) electrons. The maximum absolute atomic E-state index is 12.1. The Hall–Kier alpha value is -1.10. The van der Waals surface area contributed by atoms with E-state index in [9.17, 15) is 4.79 Å². The van der Waals surface area contributed by atoms with Crippen LogP contribution in [0, 0.1) is 5.92 Å². The Balaban J connectivity index is 1.97. The molecule has 1 aromatic rings. The van der Waals surface area contributed by atoms with Crippen LogP contribution >= 0.6 is 0 Å². The number of hydrogen-bond acceptors (Lipinski definition) is 3. The first kappa shape index (κ1) is 13.3. The highest BCUT2D eigenvalue weighted by Gasteiger charge is 2.17. The number of fused-ring (bicyclic) bond motifs is 1. The van der Waals surface area contributed by atoms with E-state index in [1.807, 2.05) is 4.57 Å². The van der Waals surface area contributed by atoms with Crippen LogP contribution in [-0.4, -0.2) is 27.4 Å². The van der Waals surface area contributed by atoms with Gasteiger partial charge in [0.2, 0.25) is 0 Å². The van der Waals surface area contributed by atoms with Crippen LogP contribution in [0.1, 0.15) is 38.9 Å². The summed E-state index contributed by atoms with van der Waals surface area (Å²) in [6.45, 7) is 7.87. The molecule has 0 saturated carbocycles. The molecule has 0 amide bonds. The summed E-state index contributed by atoms with van der Waals surface area (Å²) in [5.74, 6) is 1.41. The second-order valence-corrected chi connectivity index (χ2v) is 5.30. The van der Waals surface area contributed by atoms with Gasteiger partial charge in [-0.25, -0.2) is 9.48 Å². The molecule has 0 saturated heterocycles. The highest BCUT2D eigenvalue weighted by molar-refractivity contribution is 4.91. The highest BCUT2D eigenvalue weighted by Crippen LogP contribution is 2.09. The monoisotopic (exact) mass is 252 g/mol. The van der Waals surface area contributed by atoms with Crippen molar-refractivity contribution in [1.29, 1.82) is 0 Å². The summed E-state index contributed by atoms with van der Waals surface area (Å²) in [5, 5.41) is 7.84. The van der Waals surface area contributed by atoms with Gasteiger partial charge in [-0.05, 0) is 38.3 Å². The van der Waals surface area contributed by atoms with E-state index in [1.165, 1.54) is 0 Å². The summed E-state index contributed by atoms with van der Waals surface area (Å²) in [4.78, 5) is 12.1. The quantitative estimate of drug-likeness (QED) is 0.769. The van der Waals surface area contributed by atoms with Crippen LogP contribution in [-0.2, 0) is 19.5 Å². The van der Waals surface area contributed by atoms with E-state index < -0.39 is 0 Å². The van der Waals surface area contributed by atoms with Gasteiger partial charge in [0, 0.05) is 13.0 Å². The molecular formula is C13H24N4O. The number of hydrogen-bond donors (Lipinski definition) is 1. The molecule has 1 aromatic heterocycles. The van der Waals surface area contributed by atoms with Crippen molar-refractivity contribution in [2.24, 2.45) is 5.92 Å². The topological polar surface area (TPSA) is 51.9 Å². The van der Waals surface area contributed by atoms with Crippen molar-refractivity contribution in [2.45, 2.75) is 52.6 Å². The second-order valence-electron chi connectivity index (χ2n) is 5.30. The van der Waals surface area contributed by atoms with E-state index in [1.54, 1.807) is 4.68 Å². The average molecular weight is 252 g/mol. The summed E-state index contributed by atoms with van der Waals surface area (Å²) in [5.41, 5.74) is 0.0760. The van der Waals surface area contributed by atoms with Gasteiger partial charge in [0.15, 0.2) is 0 Å². The number of nitrogens with zero attached hydrogens (tertiary/aromatic N) is 3. The Morgan fingerprint density at radius 3 is 3.00 bits per heavy atom. The molecular weight excluding hydrogens is 228 g/mol.